The number of hydrogen-bond acceptors (Lipinski definition) is 0. The highest BCUT2D eigenvalue weighted by atomic mass is 79.9. The van der Waals surface area contributed by atoms with E-state index in [1.54, 1.807) is 0 Å². The predicted octanol–water partition coefficient (Wildman–Crippen LogP) is 4.28. The molecular formula is C12H13Br. The van der Waals surface area contributed by atoms with Crippen LogP contribution in [0.15, 0.2) is 22.2 Å². The van der Waals surface area contributed by atoms with Crippen LogP contribution in [0.3, 0.4) is 0 Å². The molecule has 1 aromatic carbocycles. The molecule has 1 unspecified atom stereocenters. The molecule has 1 atom stereocenters. The van der Waals surface area contributed by atoms with Crippen LogP contribution in [-0.4, -0.2) is 0 Å². The second-order valence-electron chi connectivity index (χ2n) is 3.81. The molecule has 2 rings (SSSR count). The van der Waals surface area contributed by atoms with Gasteiger partial charge >= 0.3 is 0 Å². The lowest BCUT2D eigenvalue weighted by Crippen LogP contribution is -1.91. The van der Waals surface area contributed by atoms with Gasteiger partial charge in [-0.3, -0.25) is 0 Å². The van der Waals surface area contributed by atoms with E-state index in [1.165, 1.54) is 26.7 Å². The van der Waals surface area contributed by atoms with Gasteiger partial charge in [0.15, 0.2) is 0 Å². The summed E-state index contributed by atoms with van der Waals surface area (Å²) in [5.41, 5.74) is 5.61. The van der Waals surface area contributed by atoms with E-state index >= 15 is 0 Å². The van der Waals surface area contributed by atoms with Crippen LogP contribution in [0, 0.1) is 6.92 Å². The molecule has 68 valence electrons. The zero-order valence-corrected chi connectivity index (χ0v) is 9.77. The molecular weight excluding hydrogens is 224 g/mol. The van der Waals surface area contributed by atoms with Crippen LogP contribution in [0.1, 0.15) is 36.5 Å². The van der Waals surface area contributed by atoms with Gasteiger partial charge in [-0.15, -0.1) is 0 Å². The molecule has 0 bridgehead atoms. The lowest BCUT2D eigenvalue weighted by Gasteiger charge is -2.09. The first-order valence-corrected chi connectivity index (χ1v) is 5.37. The Bertz CT molecular complexity index is 388. The zero-order valence-electron chi connectivity index (χ0n) is 8.19. The monoisotopic (exact) mass is 236 g/mol. The first-order chi connectivity index (χ1) is 6.11. The summed E-state index contributed by atoms with van der Waals surface area (Å²) >= 11 is 3.64. The number of hydrogen-bond donors (Lipinski definition) is 0. The van der Waals surface area contributed by atoms with Gasteiger partial charge in [0.1, 0.15) is 0 Å². The van der Waals surface area contributed by atoms with Crippen LogP contribution in [0.4, 0.5) is 0 Å². The summed E-state index contributed by atoms with van der Waals surface area (Å²) < 4.78 is 1.26. The molecule has 1 aromatic rings. The summed E-state index contributed by atoms with van der Waals surface area (Å²) in [5, 5.41) is 0. The predicted molar refractivity (Wildman–Crippen MR) is 60.9 cm³/mol. The maximum absolute atomic E-state index is 3.64. The van der Waals surface area contributed by atoms with Crippen molar-refractivity contribution in [2.45, 2.75) is 26.7 Å². The van der Waals surface area contributed by atoms with Crippen molar-refractivity contribution in [2.75, 3.05) is 0 Å². The second-order valence-corrected chi connectivity index (χ2v) is 4.60. The average molecular weight is 237 g/mol. The second kappa shape index (κ2) is 2.98. The van der Waals surface area contributed by atoms with E-state index in [0.29, 0.717) is 5.92 Å². The van der Waals surface area contributed by atoms with Gasteiger partial charge in [0, 0.05) is 10.4 Å². The van der Waals surface area contributed by atoms with E-state index in [0.717, 1.165) is 0 Å². The van der Waals surface area contributed by atoms with Crippen LogP contribution in [0.25, 0.3) is 6.08 Å². The van der Waals surface area contributed by atoms with Crippen LogP contribution in [0.2, 0.25) is 0 Å². The van der Waals surface area contributed by atoms with Crippen molar-refractivity contribution < 1.29 is 0 Å². The van der Waals surface area contributed by atoms with E-state index in [9.17, 15) is 0 Å². The molecule has 0 heterocycles. The van der Waals surface area contributed by atoms with Crippen molar-refractivity contribution >= 4 is 22.0 Å². The minimum atomic E-state index is 0.590. The highest BCUT2D eigenvalue weighted by molar-refractivity contribution is 9.10. The summed E-state index contributed by atoms with van der Waals surface area (Å²) in [4.78, 5) is 0. The molecule has 0 saturated heterocycles. The molecule has 0 N–H and O–H groups in total. The Labute approximate surface area is 87.8 Å². The minimum absolute atomic E-state index is 0.590. The van der Waals surface area contributed by atoms with E-state index in [2.05, 4.69) is 54.9 Å². The largest absolute Gasteiger partial charge is 0.0654 e. The number of benzene rings is 1. The lowest BCUT2D eigenvalue weighted by atomic mass is 9.98. The molecule has 0 amide bonds. The van der Waals surface area contributed by atoms with Crippen molar-refractivity contribution in [1.29, 1.82) is 0 Å². The van der Waals surface area contributed by atoms with Crippen LogP contribution < -0.4 is 0 Å². The summed E-state index contributed by atoms with van der Waals surface area (Å²) in [5.74, 6) is 0.590. The number of aryl methyl sites for hydroxylation is 1. The van der Waals surface area contributed by atoms with Gasteiger partial charge in [-0.05, 0) is 46.5 Å². The summed E-state index contributed by atoms with van der Waals surface area (Å²) in [7, 11) is 0. The smallest absolute Gasteiger partial charge is 0.0279 e. The Morgan fingerprint density at radius 2 is 1.92 bits per heavy atom. The average Bonchev–Trinajstić information content (AvgIpc) is 2.38. The van der Waals surface area contributed by atoms with E-state index in [1.807, 2.05) is 0 Å². The highest BCUT2D eigenvalue weighted by Gasteiger charge is 2.20. The zero-order chi connectivity index (χ0) is 9.59. The fourth-order valence-electron chi connectivity index (χ4n) is 1.84. The Hall–Kier alpha value is -0.560. The standard InChI is InChI=1S/C12H13Br/c1-7-4-5-10-9(3)8(2)6-11(10)12(7)13/h4-6,9H,1-3H3. The van der Waals surface area contributed by atoms with E-state index in [4.69, 9.17) is 0 Å². The van der Waals surface area contributed by atoms with Gasteiger partial charge in [-0.1, -0.05) is 30.7 Å². The van der Waals surface area contributed by atoms with Crippen LogP contribution >= 0.6 is 15.9 Å². The van der Waals surface area contributed by atoms with Gasteiger partial charge in [-0.2, -0.15) is 0 Å². The Morgan fingerprint density at radius 1 is 1.23 bits per heavy atom. The topological polar surface area (TPSA) is 0 Å². The van der Waals surface area contributed by atoms with Crippen LogP contribution in [-0.2, 0) is 0 Å². The fraction of sp³-hybridized carbons (Fsp3) is 0.333. The van der Waals surface area contributed by atoms with Gasteiger partial charge in [0.25, 0.3) is 0 Å². The molecule has 0 aliphatic heterocycles. The molecule has 0 radical (unpaired) electrons. The molecule has 1 aliphatic rings. The molecule has 0 aromatic heterocycles. The maximum Gasteiger partial charge on any atom is 0.0279 e. The number of fused-ring (bicyclic) bond motifs is 1. The third-order valence-corrected chi connectivity index (χ3v) is 3.98. The van der Waals surface area contributed by atoms with Gasteiger partial charge in [0.05, 0.1) is 0 Å². The SMILES string of the molecule is CC1=Cc2c(ccc(C)c2Br)C1C. The maximum atomic E-state index is 3.64. The molecule has 0 saturated carbocycles. The van der Waals surface area contributed by atoms with Gasteiger partial charge in [0.2, 0.25) is 0 Å². The number of halogens is 1. The molecule has 0 nitrogen and oxygen atoms in total. The summed E-state index contributed by atoms with van der Waals surface area (Å²) in [6.45, 7) is 6.60. The summed E-state index contributed by atoms with van der Waals surface area (Å²) in [6.07, 6.45) is 2.29. The number of allylic oxidation sites excluding steroid dienone is 1. The third-order valence-electron chi connectivity index (χ3n) is 2.93. The lowest BCUT2D eigenvalue weighted by molar-refractivity contribution is 0.920. The first kappa shape index (κ1) is 9.01. The van der Waals surface area contributed by atoms with Gasteiger partial charge in [-0.25, -0.2) is 0 Å². The summed E-state index contributed by atoms with van der Waals surface area (Å²) in [6, 6.07) is 4.43. The van der Waals surface area contributed by atoms with Crippen molar-refractivity contribution in [3.05, 3.63) is 38.9 Å². The van der Waals surface area contributed by atoms with E-state index < -0.39 is 0 Å². The van der Waals surface area contributed by atoms with E-state index in [-0.39, 0.29) is 0 Å². The van der Waals surface area contributed by atoms with Gasteiger partial charge < -0.3 is 0 Å². The molecule has 0 spiro atoms. The molecule has 1 heteroatoms. The Morgan fingerprint density at radius 3 is 2.62 bits per heavy atom. The van der Waals surface area contributed by atoms with Crippen LogP contribution in [0.5, 0.6) is 0 Å². The Balaban J connectivity index is 2.67. The van der Waals surface area contributed by atoms with Crippen molar-refractivity contribution in [3.63, 3.8) is 0 Å². The quantitative estimate of drug-likeness (QED) is 0.631. The normalized spacial score (nSPS) is 20.0. The molecule has 13 heavy (non-hydrogen) atoms. The third kappa shape index (κ3) is 1.26. The highest BCUT2D eigenvalue weighted by Crippen LogP contribution is 2.40. The number of rotatable bonds is 0. The molecule has 0 fully saturated rings. The molecule has 1 aliphatic carbocycles. The fourth-order valence-corrected chi connectivity index (χ4v) is 2.31. The van der Waals surface area contributed by atoms with Crippen molar-refractivity contribution in [1.82, 2.24) is 0 Å². The Kier molecular flexibility index (Phi) is 2.07. The first-order valence-electron chi connectivity index (χ1n) is 4.58. The minimum Gasteiger partial charge on any atom is -0.0654 e. The van der Waals surface area contributed by atoms with Crippen molar-refractivity contribution in [3.8, 4) is 0 Å². The van der Waals surface area contributed by atoms with Crippen molar-refractivity contribution in [2.24, 2.45) is 0 Å².